The van der Waals surface area contributed by atoms with Crippen LogP contribution < -0.4 is 24.6 Å². The summed E-state index contributed by atoms with van der Waals surface area (Å²) in [5, 5.41) is 11.1. The molecule has 3 rings (SSSR count). The first-order chi connectivity index (χ1) is 13.7. The SMILES string of the molecule is COc1cc(OC)c(F)c(N2Cc3cnc(NC(=O)O)c(C)c3N(C)C2=O)c1F. The largest absolute Gasteiger partial charge is 0.493 e. The molecule has 2 N–H and O–H groups in total. The van der Waals surface area contributed by atoms with Crippen LogP contribution >= 0.6 is 0 Å². The van der Waals surface area contributed by atoms with Crippen molar-refractivity contribution in [2.75, 3.05) is 36.4 Å². The lowest BCUT2D eigenvalue weighted by atomic mass is 10.1. The third-order valence-electron chi connectivity index (χ3n) is 4.59. The van der Waals surface area contributed by atoms with Gasteiger partial charge in [0.1, 0.15) is 11.5 Å². The van der Waals surface area contributed by atoms with E-state index >= 15 is 0 Å². The Morgan fingerprint density at radius 3 is 2.31 bits per heavy atom. The lowest BCUT2D eigenvalue weighted by Crippen LogP contribution is -2.46. The second-order valence-electron chi connectivity index (χ2n) is 6.22. The van der Waals surface area contributed by atoms with Crippen LogP contribution in [0.1, 0.15) is 11.1 Å². The van der Waals surface area contributed by atoms with E-state index in [0.29, 0.717) is 16.8 Å². The zero-order chi connectivity index (χ0) is 21.5. The van der Waals surface area contributed by atoms with E-state index in [4.69, 9.17) is 14.6 Å². The molecule has 0 radical (unpaired) electrons. The molecular weight excluding hydrogens is 390 g/mol. The topological polar surface area (TPSA) is 104 Å². The van der Waals surface area contributed by atoms with Crippen LogP contribution in [-0.4, -0.2) is 43.5 Å². The van der Waals surface area contributed by atoms with Crippen LogP contribution in [0.25, 0.3) is 0 Å². The van der Waals surface area contributed by atoms with Crippen molar-refractivity contribution in [1.29, 1.82) is 0 Å². The molecule has 0 fully saturated rings. The van der Waals surface area contributed by atoms with Gasteiger partial charge in [0.05, 0.1) is 26.5 Å². The summed E-state index contributed by atoms with van der Waals surface area (Å²) in [5.74, 6) is -2.61. The third-order valence-corrected chi connectivity index (χ3v) is 4.59. The predicted molar refractivity (Wildman–Crippen MR) is 100 cm³/mol. The van der Waals surface area contributed by atoms with Gasteiger partial charge in [0.25, 0.3) is 0 Å². The van der Waals surface area contributed by atoms with Crippen molar-refractivity contribution in [3.63, 3.8) is 0 Å². The fourth-order valence-electron chi connectivity index (χ4n) is 3.26. The van der Waals surface area contributed by atoms with Gasteiger partial charge in [-0.2, -0.15) is 0 Å². The van der Waals surface area contributed by atoms with Crippen LogP contribution in [0.2, 0.25) is 0 Å². The van der Waals surface area contributed by atoms with Gasteiger partial charge in [-0.05, 0) is 6.92 Å². The van der Waals surface area contributed by atoms with Crippen molar-refractivity contribution in [3.05, 3.63) is 35.0 Å². The number of nitrogens with one attached hydrogen (secondary N) is 1. The Balaban J connectivity index is 2.14. The number of hydrogen-bond donors (Lipinski definition) is 2. The van der Waals surface area contributed by atoms with Gasteiger partial charge < -0.3 is 14.6 Å². The Labute approximate surface area is 164 Å². The highest BCUT2D eigenvalue weighted by Gasteiger charge is 2.36. The number of rotatable bonds is 4. The molecule has 2 aromatic rings. The highest BCUT2D eigenvalue weighted by atomic mass is 19.1. The average molecular weight is 408 g/mol. The van der Waals surface area contributed by atoms with Crippen molar-refractivity contribution in [2.45, 2.75) is 13.5 Å². The molecular formula is C18H18F2N4O5. The minimum Gasteiger partial charge on any atom is -0.493 e. The number of hydrogen-bond acceptors (Lipinski definition) is 5. The number of pyridine rings is 1. The predicted octanol–water partition coefficient (Wildman–Crippen LogP) is 3.35. The van der Waals surface area contributed by atoms with Gasteiger partial charge >= 0.3 is 12.1 Å². The second-order valence-corrected chi connectivity index (χ2v) is 6.22. The van der Waals surface area contributed by atoms with Gasteiger partial charge in [-0.3, -0.25) is 15.1 Å². The Morgan fingerprint density at radius 2 is 1.79 bits per heavy atom. The Bertz CT molecular complexity index is 986. The number of carbonyl (C=O) groups excluding carboxylic acids is 1. The lowest BCUT2D eigenvalue weighted by molar-refractivity contribution is 0.209. The van der Waals surface area contributed by atoms with E-state index in [1.807, 2.05) is 0 Å². The number of ether oxygens (including phenoxy) is 2. The van der Waals surface area contributed by atoms with Crippen molar-refractivity contribution >= 4 is 29.3 Å². The molecule has 1 aromatic heterocycles. The van der Waals surface area contributed by atoms with Crippen LogP contribution in [0.5, 0.6) is 11.5 Å². The molecule has 1 aliphatic heterocycles. The molecule has 0 saturated carbocycles. The molecule has 0 atom stereocenters. The molecule has 0 saturated heterocycles. The number of methoxy groups -OCH3 is 2. The molecule has 9 nitrogen and oxygen atoms in total. The van der Waals surface area contributed by atoms with Gasteiger partial charge in [-0.1, -0.05) is 0 Å². The zero-order valence-electron chi connectivity index (χ0n) is 16.0. The van der Waals surface area contributed by atoms with Gasteiger partial charge in [-0.15, -0.1) is 0 Å². The summed E-state index contributed by atoms with van der Waals surface area (Å²) < 4.78 is 39.6. The highest BCUT2D eigenvalue weighted by Crippen LogP contribution is 2.41. The maximum atomic E-state index is 14.9. The number of carboxylic acid groups (broad SMARTS) is 1. The average Bonchev–Trinajstić information content (AvgIpc) is 2.67. The van der Waals surface area contributed by atoms with Crippen LogP contribution in [0.4, 0.5) is 35.6 Å². The fraction of sp³-hybridized carbons (Fsp3) is 0.278. The van der Waals surface area contributed by atoms with E-state index in [2.05, 4.69) is 10.3 Å². The third kappa shape index (κ3) is 3.24. The monoisotopic (exact) mass is 408 g/mol. The smallest absolute Gasteiger partial charge is 0.410 e. The quantitative estimate of drug-likeness (QED) is 0.804. The number of halogens is 2. The molecule has 154 valence electrons. The number of aromatic nitrogens is 1. The Hall–Kier alpha value is -3.63. The maximum Gasteiger partial charge on any atom is 0.410 e. The van der Waals surface area contributed by atoms with Crippen molar-refractivity contribution in [2.24, 2.45) is 0 Å². The Kier molecular flexibility index (Phi) is 5.14. The van der Waals surface area contributed by atoms with Crippen LogP contribution in [-0.2, 0) is 6.54 Å². The molecule has 11 heteroatoms. The summed E-state index contributed by atoms with van der Waals surface area (Å²) in [7, 11) is 3.84. The molecule has 1 aliphatic rings. The molecule has 29 heavy (non-hydrogen) atoms. The van der Waals surface area contributed by atoms with Gasteiger partial charge in [0.2, 0.25) is 0 Å². The standard InChI is InChI=1S/C18H18F2N4O5/c1-8-14-9(6-21-16(8)22-17(25)26)7-24(18(27)23(14)2)15-12(19)10(28-3)5-11(29-4)13(15)20/h5-6H,7H2,1-4H3,(H,21,22)(H,25,26). The summed E-state index contributed by atoms with van der Waals surface area (Å²) in [5.41, 5.74) is 0.667. The van der Waals surface area contributed by atoms with Crippen molar-refractivity contribution in [3.8, 4) is 11.5 Å². The summed E-state index contributed by atoms with van der Waals surface area (Å²) in [4.78, 5) is 30.0. The van der Waals surface area contributed by atoms with E-state index < -0.39 is 29.4 Å². The van der Waals surface area contributed by atoms with Crippen LogP contribution in [0.15, 0.2) is 12.3 Å². The molecule has 0 spiro atoms. The van der Waals surface area contributed by atoms with Crippen molar-refractivity contribution in [1.82, 2.24) is 4.98 Å². The molecule has 2 heterocycles. The normalized spacial score (nSPS) is 13.2. The summed E-state index contributed by atoms with van der Waals surface area (Å²) in [6.07, 6.45) is 0.0381. The molecule has 0 aliphatic carbocycles. The minimum absolute atomic E-state index is 0.0600. The summed E-state index contributed by atoms with van der Waals surface area (Å²) >= 11 is 0. The van der Waals surface area contributed by atoms with Gasteiger partial charge in [0.15, 0.2) is 23.1 Å². The number of benzene rings is 1. The van der Waals surface area contributed by atoms with Crippen LogP contribution in [0.3, 0.4) is 0 Å². The minimum atomic E-state index is -1.31. The number of anilines is 3. The number of urea groups is 1. The van der Waals surface area contributed by atoms with E-state index in [1.165, 1.54) is 32.4 Å². The highest BCUT2D eigenvalue weighted by molar-refractivity contribution is 6.07. The molecule has 1 aromatic carbocycles. The second kappa shape index (κ2) is 7.41. The first-order valence-corrected chi connectivity index (χ1v) is 8.34. The van der Waals surface area contributed by atoms with E-state index in [-0.39, 0.29) is 23.9 Å². The van der Waals surface area contributed by atoms with E-state index in [1.54, 1.807) is 6.92 Å². The number of amides is 3. The number of fused-ring (bicyclic) bond motifs is 1. The molecule has 0 bridgehead atoms. The zero-order valence-corrected chi connectivity index (χ0v) is 16.0. The maximum absolute atomic E-state index is 14.9. The van der Waals surface area contributed by atoms with Gasteiger partial charge in [-0.25, -0.2) is 23.4 Å². The number of carbonyl (C=O) groups is 2. The number of nitrogens with zero attached hydrogens (tertiary/aromatic N) is 3. The van der Waals surface area contributed by atoms with E-state index in [0.717, 1.165) is 11.0 Å². The molecule has 3 amide bonds. The first kappa shape index (κ1) is 20.1. The van der Waals surface area contributed by atoms with Gasteiger partial charge in [0, 0.05) is 30.4 Å². The van der Waals surface area contributed by atoms with Crippen LogP contribution in [0, 0.1) is 18.6 Å². The summed E-state index contributed by atoms with van der Waals surface area (Å²) in [6, 6.07) is 0.330. The Morgan fingerprint density at radius 1 is 1.21 bits per heavy atom. The first-order valence-electron chi connectivity index (χ1n) is 8.34. The van der Waals surface area contributed by atoms with E-state index in [9.17, 15) is 18.4 Å². The lowest BCUT2D eigenvalue weighted by Gasteiger charge is -2.36. The molecule has 0 unspecified atom stereocenters. The van der Waals surface area contributed by atoms with Crippen molar-refractivity contribution < 1.29 is 33.0 Å². The summed E-state index contributed by atoms with van der Waals surface area (Å²) in [6.45, 7) is 1.40. The fourth-order valence-corrected chi connectivity index (χ4v) is 3.26.